The van der Waals surface area contributed by atoms with E-state index >= 15 is 0 Å². The molecule has 0 N–H and O–H groups in total. The van der Waals surface area contributed by atoms with Gasteiger partial charge in [0.05, 0.1) is 18.1 Å². The molecular weight excluding hydrogens is 379 g/mol. The van der Waals surface area contributed by atoms with Gasteiger partial charge in [-0.25, -0.2) is 0 Å². The van der Waals surface area contributed by atoms with Crippen LogP contribution in [0.3, 0.4) is 0 Å². The van der Waals surface area contributed by atoms with E-state index in [-0.39, 0.29) is 23.3 Å². The van der Waals surface area contributed by atoms with Crippen LogP contribution in [0.1, 0.15) is 27.6 Å². The number of nitrogens with zero attached hydrogens (tertiary/aromatic N) is 2. The normalized spacial score (nSPS) is 17.2. The van der Waals surface area contributed by atoms with Crippen molar-refractivity contribution >= 4 is 34.8 Å². The number of nitro groups is 1. The zero-order valence-electron chi connectivity index (χ0n) is 13.9. The first-order valence-electron chi connectivity index (χ1n) is 7.97. The molecule has 1 atom stereocenters. The van der Waals surface area contributed by atoms with E-state index in [2.05, 4.69) is 0 Å². The molecule has 0 saturated carbocycles. The van der Waals surface area contributed by atoms with Crippen LogP contribution in [0.5, 0.6) is 0 Å². The summed E-state index contributed by atoms with van der Waals surface area (Å²) in [6.07, 6.45) is -0.357. The third-order valence-electron chi connectivity index (χ3n) is 4.26. The lowest BCUT2D eigenvalue weighted by atomic mass is 10.1. The van der Waals surface area contributed by atoms with Gasteiger partial charge in [0, 0.05) is 33.8 Å². The molecule has 0 bridgehead atoms. The van der Waals surface area contributed by atoms with Gasteiger partial charge in [-0.15, -0.1) is 0 Å². The molecule has 6 nitrogen and oxygen atoms in total. The number of morpholine rings is 1. The zero-order chi connectivity index (χ0) is 18.8. The molecule has 1 heterocycles. The minimum Gasteiger partial charge on any atom is -0.370 e. The van der Waals surface area contributed by atoms with Crippen LogP contribution in [0.4, 0.5) is 5.69 Å². The van der Waals surface area contributed by atoms with Gasteiger partial charge in [-0.3, -0.25) is 14.9 Å². The molecule has 0 spiro atoms. The summed E-state index contributed by atoms with van der Waals surface area (Å²) in [5, 5.41) is 12.1. The van der Waals surface area contributed by atoms with Crippen LogP contribution in [0.15, 0.2) is 36.4 Å². The second kappa shape index (κ2) is 7.61. The molecule has 3 rings (SSSR count). The summed E-state index contributed by atoms with van der Waals surface area (Å²) in [5.74, 6) is -0.269. The Hall–Kier alpha value is -2.15. The van der Waals surface area contributed by atoms with Crippen LogP contribution in [0.2, 0.25) is 10.0 Å². The van der Waals surface area contributed by atoms with E-state index in [4.69, 9.17) is 27.9 Å². The fourth-order valence-electron chi connectivity index (χ4n) is 2.92. The minimum absolute atomic E-state index is 0.0673. The average molecular weight is 395 g/mol. The number of carbonyl (C=O) groups excluding carboxylic acids is 1. The first-order valence-corrected chi connectivity index (χ1v) is 8.72. The lowest BCUT2D eigenvalue weighted by molar-refractivity contribution is -0.385. The van der Waals surface area contributed by atoms with Gasteiger partial charge in [0.25, 0.3) is 11.6 Å². The summed E-state index contributed by atoms with van der Waals surface area (Å²) < 4.78 is 5.75. The number of rotatable bonds is 3. The number of carbonyl (C=O) groups is 1. The summed E-state index contributed by atoms with van der Waals surface area (Å²) in [6.45, 7) is 2.72. The first-order chi connectivity index (χ1) is 12.3. The van der Waals surface area contributed by atoms with Crippen molar-refractivity contribution in [3.05, 3.63) is 73.2 Å². The summed E-state index contributed by atoms with van der Waals surface area (Å²) in [6, 6.07) is 9.64. The fourth-order valence-corrected chi connectivity index (χ4v) is 3.46. The molecule has 26 heavy (non-hydrogen) atoms. The van der Waals surface area contributed by atoms with Crippen LogP contribution in [-0.4, -0.2) is 35.4 Å². The van der Waals surface area contributed by atoms with E-state index in [1.807, 2.05) is 0 Å². The lowest BCUT2D eigenvalue weighted by Crippen LogP contribution is -2.42. The summed E-state index contributed by atoms with van der Waals surface area (Å²) in [4.78, 5) is 25.0. The van der Waals surface area contributed by atoms with Gasteiger partial charge in [-0.1, -0.05) is 29.3 Å². The number of hydrogen-bond donors (Lipinski definition) is 0. The topological polar surface area (TPSA) is 72.7 Å². The number of ether oxygens (including phenoxy) is 1. The lowest BCUT2D eigenvalue weighted by Gasteiger charge is -2.33. The molecule has 1 aliphatic rings. The van der Waals surface area contributed by atoms with Crippen LogP contribution in [-0.2, 0) is 4.74 Å². The second-order valence-corrected chi connectivity index (χ2v) is 6.94. The number of nitro benzene ring substituents is 1. The Labute approximate surface area is 160 Å². The highest BCUT2D eigenvalue weighted by atomic mass is 35.5. The van der Waals surface area contributed by atoms with Crippen molar-refractivity contribution < 1.29 is 14.5 Å². The molecule has 1 amide bonds. The van der Waals surface area contributed by atoms with E-state index in [1.54, 1.807) is 42.2 Å². The van der Waals surface area contributed by atoms with Crippen molar-refractivity contribution in [2.45, 2.75) is 13.0 Å². The van der Waals surface area contributed by atoms with Crippen LogP contribution >= 0.6 is 23.2 Å². The maximum absolute atomic E-state index is 12.8. The summed E-state index contributed by atoms with van der Waals surface area (Å²) in [7, 11) is 0. The molecule has 2 aromatic carbocycles. The van der Waals surface area contributed by atoms with Gasteiger partial charge in [0.2, 0.25) is 0 Å². The van der Waals surface area contributed by atoms with Crippen molar-refractivity contribution in [1.82, 2.24) is 4.90 Å². The predicted octanol–water partition coefficient (Wildman–Crippen LogP) is 4.42. The molecular formula is C18H16Cl2N2O4. The number of halogens is 2. The molecule has 1 saturated heterocycles. The standard InChI is InChI=1S/C18H16Cl2N2O4/c1-11-2-3-12(8-16(11)22(24)25)18(23)21-4-5-26-17(10-21)13-6-14(19)9-15(20)7-13/h2-3,6-9,17H,4-5,10H2,1H3. The maximum Gasteiger partial charge on any atom is 0.273 e. The Balaban J connectivity index is 1.82. The molecule has 136 valence electrons. The smallest absolute Gasteiger partial charge is 0.273 e. The van der Waals surface area contributed by atoms with Crippen LogP contribution in [0.25, 0.3) is 0 Å². The molecule has 2 aromatic rings. The van der Waals surface area contributed by atoms with Gasteiger partial charge in [-0.2, -0.15) is 0 Å². The highest BCUT2D eigenvalue weighted by molar-refractivity contribution is 6.34. The average Bonchev–Trinajstić information content (AvgIpc) is 2.60. The third kappa shape index (κ3) is 3.98. The van der Waals surface area contributed by atoms with Gasteiger partial charge < -0.3 is 9.64 Å². The Morgan fingerprint density at radius 1 is 1.23 bits per heavy atom. The highest BCUT2D eigenvalue weighted by Gasteiger charge is 2.27. The monoisotopic (exact) mass is 394 g/mol. The SMILES string of the molecule is Cc1ccc(C(=O)N2CCOC(c3cc(Cl)cc(Cl)c3)C2)cc1[N+](=O)[O-]. The van der Waals surface area contributed by atoms with E-state index in [9.17, 15) is 14.9 Å². The second-order valence-electron chi connectivity index (χ2n) is 6.07. The Morgan fingerprint density at radius 3 is 2.58 bits per heavy atom. The van der Waals surface area contributed by atoms with Crippen molar-refractivity contribution in [2.75, 3.05) is 19.7 Å². The van der Waals surface area contributed by atoms with Gasteiger partial charge >= 0.3 is 0 Å². The Bertz CT molecular complexity index is 852. The van der Waals surface area contributed by atoms with Gasteiger partial charge in [-0.05, 0) is 36.8 Å². The molecule has 0 aliphatic carbocycles. The number of aryl methyl sites for hydroxylation is 1. The van der Waals surface area contributed by atoms with Gasteiger partial charge in [0.15, 0.2) is 0 Å². The Morgan fingerprint density at radius 2 is 1.92 bits per heavy atom. The molecule has 0 aromatic heterocycles. The van der Waals surface area contributed by atoms with E-state index in [1.165, 1.54) is 6.07 Å². The number of benzene rings is 2. The molecule has 0 radical (unpaired) electrons. The van der Waals surface area contributed by atoms with E-state index in [0.717, 1.165) is 5.56 Å². The molecule has 1 aliphatic heterocycles. The summed E-state index contributed by atoms with van der Waals surface area (Å²) >= 11 is 12.1. The van der Waals surface area contributed by atoms with Crippen molar-refractivity contribution in [3.63, 3.8) is 0 Å². The number of hydrogen-bond acceptors (Lipinski definition) is 4. The minimum atomic E-state index is -0.484. The largest absolute Gasteiger partial charge is 0.370 e. The van der Waals surface area contributed by atoms with Crippen molar-refractivity contribution in [3.8, 4) is 0 Å². The van der Waals surface area contributed by atoms with Gasteiger partial charge in [0.1, 0.15) is 6.10 Å². The van der Waals surface area contributed by atoms with Crippen molar-refractivity contribution in [2.24, 2.45) is 0 Å². The predicted molar refractivity (Wildman–Crippen MR) is 98.9 cm³/mol. The number of amides is 1. The first kappa shape index (κ1) is 18.6. The maximum atomic E-state index is 12.8. The quantitative estimate of drug-likeness (QED) is 0.570. The highest BCUT2D eigenvalue weighted by Crippen LogP contribution is 2.29. The van der Waals surface area contributed by atoms with E-state index < -0.39 is 4.92 Å². The third-order valence-corrected chi connectivity index (χ3v) is 4.70. The zero-order valence-corrected chi connectivity index (χ0v) is 15.5. The van der Waals surface area contributed by atoms with Crippen molar-refractivity contribution in [1.29, 1.82) is 0 Å². The molecule has 8 heteroatoms. The molecule has 1 unspecified atom stereocenters. The Kier molecular flexibility index (Phi) is 5.46. The van der Waals surface area contributed by atoms with Crippen LogP contribution < -0.4 is 0 Å². The van der Waals surface area contributed by atoms with E-state index in [0.29, 0.717) is 35.3 Å². The fraction of sp³-hybridized carbons (Fsp3) is 0.278. The van der Waals surface area contributed by atoms with Crippen LogP contribution in [0, 0.1) is 17.0 Å². The summed E-state index contributed by atoms with van der Waals surface area (Å²) in [5.41, 5.74) is 1.52. The molecule has 1 fully saturated rings.